The van der Waals surface area contributed by atoms with Crippen molar-refractivity contribution in [3.05, 3.63) is 10.6 Å². The zero-order valence-corrected chi connectivity index (χ0v) is 12.3. The lowest BCUT2D eigenvalue weighted by atomic mass is 9.93. The maximum atomic E-state index is 11.5. The minimum atomic E-state index is 0.136. The Bertz CT molecular complexity index is 419. The molecular formula is C14H22N2OS. The first-order valence-electron chi connectivity index (χ1n) is 6.85. The molecule has 0 radical (unpaired) electrons. The number of rotatable bonds is 4. The summed E-state index contributed by atoms with van der Waals surface area (Å²) in [6.45, 7) is 8.00. The number of hydrogen-bond acceptors (Lipinski definition) is 4. The number of anilines is 1. The van der Waals surface area contributed by atoms with Crippen LogP contribution in [0, 0.1) is 12.8 Å². The van der Waals surface area contributed by atoms with Crippen molar-refractivity contribution in [3.8, 4) is 0 Å². The highest BCUT2D eigenvalue weighted by atomic mass is 32.1. The van der Waals surface area contributed by atoms with Crippen molar-refractivity contribution in [3.63, 3.8) is 0 Å². The first kappa shape index (κ1) is 13.5. The zero-order valence-electron chi connectivity index (χ0n) is 11.5. The van der Waals surface area contributed by atoms with E-state index >= 15 is 0 Å². The second-order valence-corrected chi connectivity index (χ2v) is 6.16. The van der Waals surface area contributed by atoms with Gasteiger partial charge in [-0.15, -0.1) is 0 Å². The summed E-state index contributed by atoms with van der Waals surface area (Å²) in [7, 11) is 0. The molecule has 1 fully saturated rings. The van der Waals surface area contributed by atoms with E-state index in [2.05, 4.69) is 16.8 Å². The Morgan fingerprint density at radius 2 is 2.11 bits per heavy atom. The smallest absolute Gasteiger partial charge is 0.186 e. The van der Waals surface area contributed by atoms with E-state index in [0.717, 1.165) is 34.7 Å². The van der Waals surface area contributed by atoms with Gasteiger partial charge in [-0.05, 0) is 25.7 Å². The number of carbonyl (C=O) groups excluding carboxylic acids is 1. The van der Waals surface area contributed by atoms with Crippen LogP contribution in [0.25, 0.3) is 0 Å². The van der Waals surface area contributed by atoms with Crippen LogP contribution in [0.2, 0.25) is 0 Å². The Kier molecular flexibility index (Phi) is 4.38. The molecule has 100 valence electrons. The van der Waals surface area contributed by atoms with Gasteiger partial charge in [-0.1, -0.05) is 31.1 Å². The van der Waals surface area contributed by atoms with Gasteiger partial charge in [-0.3, -0.25) is 4.79 Å². The molecule has 2 rings (SSSR count). The molecule has 0 aromatic carbocycles. The number of hydrogen-bond donors (Lipinski definition) is 0. The highest BCUT2D eigenvalue weighted by Gasteiger charge is 2.22. The van der Waals surface area contributed by atoms with Crippen molar-refractivity contribution < 1.29 is 4.79 Å². The van der Waals surface area contributed by atoms with Gasteiger partial charge in [0.1, 0.15) is 0 Å². The van der Waals surface area contributed by atoms with E-state index in [1.54, 1.807) is 18.3 Å². The standard InChI is InChI=1S/C14H22N2OS/c1-4-5-12-6-8-16(9-7-12)14-15-10(2)13(18-14)11(3)17/h12H,4-9H2,1-3H3. The molecule has 1 aromatic heterocycles. The first-order chi connectivity index (χ1) is 8.61. The topological polar surface area (TPSA) is 33.2 Å². The molecule has 0 spiro atoms. The molecule has 1 aliphatic heterocycles. The van der Waals surface area contributed by atoms with Gasteiger partial charge >= 0.3 is 0 Å². The molecule has 0 atom stereocenters. The summed E-state index contributed by atoms with van der Waals surface area (Å²) in [4.78, 5) is 19.2. The van der Waals surface area contributed by atoms with E-state index in [1.165, 1.54) is 25.7 Å². The second-order valence-electron chi connectivity index (χ2n) is 5.19. The SMILES string of the molecule is CCCC1CCN(c2nc(C)c(C(C)=O)s2)CC1. The fourth-order valence-electron chi connectivity index (χ4n) is 2.67. The van der Waals surface area contributed by atoms with E-state index in [-0.39, 0.29) is 5.78 Å². The summed E-state index contributed by atoms with van der Waals surface area (Å²) in [5.74, 6) is 1.02. The molecule has 3 nitrogen and oxygen atoms in total. The van der Waals surface area contributed by atoms with Crippen LogP contribution in [-0.4, -0.2) is 23.9 Å². The van der Waals surface area contributed by atoms with Gasteiger partial charge in [-0.25, -0.2) is 4.98 Å². The third-order valence-corrected chi connectivity index (χ3v) is 5.01. The fraction of sp³-hybridized carbons (Fsp3) is 0.714. The van der Waals surface area contributed by atoms with E-state index < -0.39 is 0 Å². The maximum Gasteiger partial charge on any atom is 0.186 e. The molecule has 4 heteroatoms. The minimum absolute atomic E-state index is 0.136. The molecule has 2 heterocycles. The van der Waals surface area contributed by atoms with Crippen molar-refractivity contribution in [2.45, 2.75) is 46.5 Å². The van der Waals surface area contributed by atoms with Gasteiger partial charge in [0, 0.05) is 20.0 Å². The predicted molar refractivity (Wildman–Crippen MR) is 76.7 cm³/mol. The van der Waals surface area contributed by atoms with E-state index in [0.29, 0.717) is 0 Å². The fourth-order valence-corrected chi connectivity index (χ4v) is 3.68. The van der Waals surface area contributed by atoms with Gasteiger partial charge in [0.2, 0.25) is 0 Å². The van der Waals surface area contributed by atoms with Crippen molar-refractivity contribution in [1.29, 1.82) is 0 Å². The normalized spacial score (nSPS) is 17.2. The summed E-state index contributed by atoms with van der Waals surface area (Å²) in [5, 5.41) is 1.03. The molecule has 1 aromatic rings. The van der Waals surface area contributed by atoms with E-state index in [9.17, 15) is 4.79 Å². The number of aromatic nitrogens is 1. The van der Waals surface area contributed by atoms with Crippen molar-refractivity contribution in [2.24, 2.45) is 5.92 Å². The molecule has 18 heavy (non-hydrogen) atoms. The predicted octanol–water partition coefficient (Wildman–Crippen LogP) is 3.67. The van der Waals surface area contributed by atoms with Crippen LogP contribution in [0.3, 0.4) is 0 Å². The van der Waals surface area contributed by atoms with E-state index in [1.807, 2.05) is 6.92 Å². The van der Waals surface area contributed by atoms with E-state index in [4.69, 9.17) is 0 Å². The summed E-state index contributed by atoms with van der Waals surface area (Å²) < 4.78 is 0. The van der Waals surface area contributed by atoms with Gasteiger partial charge in [0.15, 0.2) is 10.9 Å². The van der Waals surface area contributed by atoms with Gasteiger partial charge in [-0.2, -0.15) is 0 Å². The van der Waals surface area contributed by atoms with Crippen molar-refractivity contribution in [1.82, 2.24) is 4.98 Å². The molecule has 0 unspecified atom stereocenters. The molecule has 0 aliphatic carbocycles. The second kappa shape index (κ2) is 5.83. The van der Waals surface area contributed by atoms with Crippen molar-refractivity contribution in [2.75, 3.05) is 18.0 Å². The Labute approximate surface area is 113 Å². The molecule has 0 saturated carbocycles. The Hall–Kier alpha value is -0.900. The molecular weight excluding hydrogens is 244 g/mol. The summed E-state index contributed by atoms with van der Waals surface area (Å²) in [6.07, 6.45) is 5.17. The third-order valence-electron chi connectivity index (χ3n) is 3.69. The highest BCUT2D eigenvalue weighted by Crippen LogP contribution is 2.30. The summed E-state index contributed by atoms with van der Waals surface area (Å²) in [6, 6.07) is 0. The largest absolute Gasteiger partial charge is 0.348 e. The Balaban J connectivity index is 2.01. The molecule has 1 saturated heterocycles. The maximum absolute atomic E-state index is 11.5. The van der Waals surface area contributed by atoms with Crippen LogP contribution >= 0.6 is 11.3 Å². The van der Waals surface area contributed by atoms with Gasteiger partial charge in [0.05, 0.1) is 10.6 Å². The number of carbonyl (C=O) groups is 1. The number of piperidine rings is 1. The Morgan fingerprint density at radius 1 is 1.44 bits per heavy atom. The molecule has 0 amide bonds. The monoisotopic (exact) mass is 266 g/mol. The quantitative estimate of drug-likeness (QED) is 0.780. The molecule has 1 aliphatic rings. The van der Waals surface area contributed by atoms with Crippen LogP contribution < -0.4 is 4.90 Å². The number of Topliss-reactive ketones (excluding diaryl/α,β-unsaturated/α-hetero) is 1. The number of ketones is 1. The first-order valence-corrected chi connectivity index (χ1v) is 7.66. The van der Waals surface area contributed by atoms with Crippen molar-refractivity contribution >= 4 is 22.3 Å². The van der Waals surface area contributed by atoms with Crippen LogP contribution in [0.4, 0.5) is 5.13 Å². The number of nitrogens with zero attached hydrogens (tertiary/aromatic N) is 2. The average Bonchev–Trinajstić information content (AvgIpc) is 2.73. The van der Waals surface area contributed by atoms with Crippen LogP contribution in [0.15, 0.2) is 0 Å². The van der Waals surface area contributed by atoms with Gasteiger partial charge < -0.3 is 4.90 Å². The lowest BCUT2D eigenvalue weighted by Gasteiger charge is -2.31. The molecule has 0 N–H and O–H groups in total. The zero-order chi connectivity index (χ0) is 13.1. The lowest BCUT2D eigenvalue weighted by Crippen LogP contribution is -2.33. The number of aryl methyl sites for hydroxylation is 1. The Morgan fingerprint density at radius 3 is 2.61 bits per heavy atom. The lowest BCUT2D eigenvalue weighted by molar-refractivity contribution is 0.102. The third kappa shape index (κ3) is 2.91. The average molecular weight is 266 g/mol. The van der Waals surface area contributed by atoms with Crippen LogP contribution in [0.1, 0.15) is 54.9 Å². The minimum Gasteiger partial charge on any atom is -0.348 e. The highest BCUT2D eigenvalue weighted by molar-refractivity contribution is 7.17. The number of thiazole rings is 1. The van der Waals surface area contributed by atoms with Crippen LogP contribution in [0.5, 0.6) is 0 Å². The van der Waals surface area contributed by atoms with Gasteiger partial charge in [0.25, 0.3) is 0 Å². The molecule has 0 bridgehead atoms. The summed E-state index contributed by atoms with van der Waals surface area (Å²) in [5.41, 5.74) is 0.887. The summed E-state index contributed by atoms with van der Waals surface area (Å²) >= 11 is 1.55. The van der Waals surface area contributed by atoms with Crippen LogP contribution in [-0.2, 0) is 0 Å².